The maximum Gasteiger partial charge on any atom is 1.00 e. The van der Waals surface area contributed by atoms with Crippen LogP contribution in [0.15, 0.2) is 12.4 Å². The van der Waals surface area contributed by atoms with Gasteiger partial charge in [0.15, 0.2) is 0 Å². The SMILES string of the molecule is OCc1cc2ncnc(Cl)c2s1.[BH4-].[Na+]. The maximum atomic E-state index is 8.85. The number of hydrogen-bond acceptors (Lipinski definition) is 4. The van der Waals surface area contributed by atoms with E-state index in [0.29, 0.717) is 5.15 Å². The smallest absolute Gasteiger partial charge is 0.391 e. The molecule has 0 aliphatic rings. The minimum absolute atomic E-state index is 0. The van der Waals surface area contributed by atoms with E-state index in [2.05, 4.69) is 9.97 Å². The van der Waals surface area contributed by atoms with Crippen molar-refractivity contribution < 1.29 is 34.7 Å². The molecule has 1 N–H and O–H groups in total. The van der Waals surface area contributed by atoms with Crippen LogP contribution in [0, 0.1) is 0 Å². The molecule has 0 saturated carbocycles. The van der Waals surface area contributed by atoms with Crippen LogP contribution >= 0.6 is 22.9 Å². The molecular weight excluding hydrogens is 229 g/mol. The first-order valence-electron chi connectivity index (χ1n) is 3.31. The van der Waals surface area contributed by atoms with Crippen LogP contribution in [0.5, 0.6) is 0 Å². The first-order chi connectivity index (χ1) is 5.81. The molecule has 0 spiro atoms. The Kier molecular flexibility index (Phi) is 6.20. The van der Waals surface area contributed by atoms with Crippen molar-refractivity contribution in [1.29, 1.82) is 0 Å². The van der Waals surface area contributed by atoms with Crippen LogP contribution in [-0.4, -0.2) is 23.5 Å². The fourth-order valence-electron chi connectivity index (χ4n) is 0.953. The molecule has 0 radical (unpaired) electrons. The quantitative estimate of drug-likeness (QED) is 0.437. The molecule has 2 rings (SSSR count). The summed E-state index contributed by atoms with van der Waals surface area (Å²) in [5.74, 6) is 0. The predicted octanol–water partition coefficient (Wildman–Crippen LogP) is -2.61. The molecule has 2 aromatic rings. The van der Waals surface area contributed by atoms with Gasteiger partial charge >= 0.3 is 29.6 Å². The predicted molar refractivity (Wildman–Crippen MR) is 59.7 cm³/mol. The van der Waals surface area contributed by atoms with Crippen molar-refractivity contribution in [3.05, 3.63) is 22.4 Å². The maximum absolute atomic E-state index is 8.85. The van der Waals surface area contributed by atoms with E-state index >= 15 is 0 Å². The topological polar surface area (TPSA) is 46.0 Å². The Bertz CT molecular complexity index is 425. The van der Waals surface area contributed by atoms with Crippen LogP contribution in [0.2, 0.25) is 5.15 Å². The molecule has 0 amide bonds. The van der Waals surface area contributed by atoms with E-state index in [-0.39, 0.29) is 44.6 Å². The molecule has 70 valence electrons. The molecule has 0 bridgehead atoms. The van der Waals surface area contributed by atoms with Gasteiger partial charge in [-0.25, -0.2) is 9.97 Å². The van der Waals surface area contributed by atoms with Crippen LogP contribution < -0.4 is 29.6 Å². The first kappa shape index (κ1) is 14.4. The summed E-state index contributed by atoms with van der Waals surface area (Å²) < 4.78 is 0.836. The third-order valence-corrected chi connectivity index (χ3v) is 2.99. The molecule has 0 atom stereocenters. The van der Waals surface area contributed by atoms with Crippen LogP contribution in [0.4, 0.5) is 0 Å². The summed E-state index contributed by atoms with van der Waals surface area (Å²) >= 11 is 7.22. The second-order valence-corrected chi connectivity index (χ2v) is 3.74. The number of fused-ring (bicyclic) bond motifs is 1. The third kappa shape index (κ3) is 2.69. The zero-order chi connectivity index (χ0) is 8.55. The van der Waals surface area contributed by atoms with E-state index in [9.17, 15) is 0 Å². The summed E-state index contributed by atoms with van der Waals surface area (Å²) in [4.78, 5) is 8.71. The van der Waals surface area contributed by atoms with Gasteiger partial charge in [-0.3, -0.25) is 0 Å². The van der Waals surface area contributed by atoms with Crippen LogP contribution in [0.1, 0.15) is 4.88 Å². The van der Waals surface area contributed by atoms with Gasteiger partial charge < -0.3 is 5.11 Å². The summed E-state index contributed by atoms with van der Waals surface area (Å²) in [6, 6.07) is 1.81. The monoisotopic (exact) mass is 238 g/mol. The van der Waals surface area contributed by atoms with Gasteiger partial charge in [0.25, 0.3) is 0 Å². The van der Waals surface area contributed by atoms with E-state index < -0.39 is 0 Å². The van der Waals surface area contributed by atoms with Crippen LogP contribution in [0.25, 0.3) is 10.2 Å². The Morgan fingerprint density at radius 1 is 1.43 bits per heavy atom. The molecule has 7 heteroatoms. The number of hydrogen-bond donors (Lipinski definition) is 1. The second kappa shape index (κ2) is 6.05. The van der Waals surface area contributed by atoms with Gasteiger partial charge in [-0.05, 0) is 6.07 Å². The average molecular weight is 238 g/mol. The molecule has 14 heavy (non-hydrogen) atoms. The average Bonchev–Trinajstić information content (AvgIpc) is 2.49. The molecule has 3 nitrogen and oxygen atoms in total. The Morgan fingerprint density at radius 2 is 2.14 bits per heavy atom. The zero-order valence-electron chi connectivity index (χ0n) is 6.99. The minimum Gasteiger partial charge on any atom is -0.391 e. The summed E-state index contributed by atoms with van der Waals surface area (Å²) in [5, 5.41) is 9.30. The summed E-state index contributed by atoms with van der Waals surface area (Å²) in [6.45, 7) is 0.0252. The number of aliphatic hydroxyl groups is 1. The molecule has 0 saturated heterocycles. The normalized spacial score (nSPS) is 9.29. The number of nitrogens with zero attached hydrogens (tertiary/aromatic N) is 2. The number of halogens is 1. The Labute approximate surface area is 114 Å². The molecule has 2 aromatic heterocycles. The van der Waals surface area contributed by atoms with Crippen molar-refractivity contribution in [1.82, 2.24) is 9.97 Å². The molecule has 2 heterocycles. The Balaban J connectivity index is 0.000000845. The third-order valence-electron chi connectivity index (χ3n) is 1.47. The van der Waals surface area contributed by atoms with Gasteiger partial charge in [0, 0.05) is 4.88 Å². The van der Waals surface area contributed by atoms with E-state index in [1.807, 2.05) is 6.07 Å². The summed E-state index contributed by atoms with van der Waals surface area (Å²) in [7, 11) is 0. The number of aliphatic hydroxyl groups excluding tert-OH is 1. The Morgan fingerprint density at radius 3 is 2.71 bits per heavy atom. The molecule has 0 aliphatic heterocycles. The van der Waals surface area contributed by atoms with E-state index in [0.717, 1.165) is 15.1 Å². The van der Waals surface area contributed by atoms with Crippen molar-refractivity contribution in [2.75, 3.05) is 0 Å². The minimum atomic E-state index is 0. The number of rotatable bonds is 1. The molecule has 0 aliphatic carbocycles. The van der Waals surface area contributed by atoms with Crippen LogP contribution in [0.3, 0.4) is 0 Å². The van der Waals surface area contributed by atoms with Crippen LogP contribution in [-0.2, 0) is 6.61 Å². The fraction of sp³-hybridized carbons (Fsp3) is 0.143. The Hall–Kier alpha value is 0.355. The van der Waals surface area contributed by atoms with E-state index in [1.54, 1.807) is 0 Å². The van der Waals surface area contributed by atoms with Crippen molar-refractivity contribution in [3.8, 4) is 0 Å². The molecular formula is C7H9BClN2NaOS. The summed E-state index contributed by atoms with van der Waals surface area (Å²) in [6.07, 6.45) is 1.42. The standard InChI is InChI=1S/C7H5ClN2OS.BH4.Na/c8-7-6-5(9-3-10-7)1-4(2-11)12-6;;/h1,3,11H,2H2;1H4;/q;-1;+1. The largest absolute Gasteiger partial charge is 1.00 e. The van der Waals surface area contributed by atoms with Gasteiger partial charge in [-0.1, -0.05) is 20.0 Å². The zero-order valence-corrected chi connectivity index (χ0v) is 10.6. The van der Waals surface area contributed by atoms with Crippen molar-refractivity contribution in [2.24, 2.45) is 0 Å². The fourth-order valence-corrected chi connectivity index (χ4v) is 2.06. The van der Waals surface area contributed by atoms with Crippen molar-refractivity contribution in [3.63, 3.8) is 0 Å². The second-order valence-electron chi connectivity index (χ2n) is 2.25. The number of thiophene rings is 1. The molecule has 0 unspecified atom stereocenters. The molecule has 0 fully saturated rings. The number of aromatic nitrogens is 2. The van der Waals surface area contributed by atoms with E-state index in [1.165, 1.54) is 17.7 Å². The van der Waals surface area contributed by atoms with Gasteiger partial charge in [0.05, 0.1) is 16.8 Å². The van der Waals surface area contributed by atoms with Crippen molar-refractivity contribution in [2.45, 2.75) is 6.61 Å². The van der Waals surface area contributed by atoms with E-state index in [4.69, 9.17) is 16.7 Å². The van der Waals surface area contributed by atoms with Gasteiger partial charge in [0.2, 0.25) is 0 Å². The van der Waals surface area contributed by atoms with Gasteiger partial charge in [0.1, 0.15) is 11.5 Å². The van der Waals surface area contributed by atoms with Gasteiger partial charge in [-0.15, -0.1) is 11.3 Å². The first-order valence-corrected chi connectivity index (χ1v) is 4.50. The summed E-state index contributed by atoms with van der Waals surface area (Å²) in [5.41, 5.74) is 0.795. The van der Waals surface area contributed by atoms with Crippen molar-refractivity contribution >= 4 is 41.6 Å². The van der Waals surface area contributed by atoms with Gasteiger partial charge in [-0.2, -0.15) is 0 Å². The molecule has 0 aromatic carbocycles.